The molecule has 24 heavy (non-hydrogen) atoms. The molecule has 0 bridgehead atoms. The third-order valence-corrected chi connectivity index (χ3v) is 3.91. The van der Waals surface area contributed by atoms with Crippen LogP contribution in [-0.2, 0) is 20.9 Å². The zero-order valence-corrected chi connectivity index (χ0v) is 14.0. The molecule has 1 aromatic carbocycles. The first-order valence-corrected chi connectivity index (χ1v) is 8.40. The first-order chi connectivity index (χ1) is 11.6. The Morgan fingerprint density at radius 2 is 2.00 bits per heavy atom. The fraction of sp³-hybridized carbons (Fsp3) is 0.500. The summed E-state index contributed by atoms with van der Waals surface area (Å²) in [6, 6.07) is 7.27. The summed E-state index contributed by atoms with van der Waals surface area (Å²) in [7, 11) is 0. The number of esters is 1. The van der Waals surface area contributed by atoms with Crippen LogP contribution in [-0.4, -0.2) is 42.4 Å². The summed E-state index contributed by atoms with van der Waals surface area (Å²) in [6.07, 6.45) is 2.41. The van der Waals surface area contributed by atoms with Crippen LogP contribution in [0.1, 0.15) is 48.5 Å². The molecule has 0 atom stereocenters. The highest BCUT2D eigenvalue weighted by Gasteiger charge is 2.19. The van der Waals surface area contributed by atoms with Crippen LogP contribution in [0.5, 0.6) is 0 Å². The molecule has 1 saturated heterocycles. The largest absolute Gasteiger partial charge is 0.466 e. The quantitative estimate of drug-likeness (QED) is 0.582. The van der Waals surface area contributed by atoms with Gasteiger partial charge in [0.1, 0.15) is 0 Å². The molecule has 0 radical (unpaired) electrons. The molecule has 1 aliphatic rings. The van der Waals surface area contributed by atoms with E-state index in [1.165, 1.54) is 0 Å². The Balaban J connectivity index is 1.74. The Morgan fingerprint density at radius 1 is 1.25 bits per heavy atom. The molecule has 0 spiro atoms. The SMILES string of the molecule is CCOC(=O)CCCNC(=O)c1ccc(CN2CCCC2=O)cc1. The second-order valence-corrected chi connectivity index (χ2v) is 5.78. The molecular formula is C18H24N2O4. The highest BCUT2D eigenvalue weighted by Crippen LogP contribution is 2.14. The molecule has 2 rings (SSSR count). The maximum absolute atomic E-state index is 12.0. The number of nitrogens with zero attached hydrogens (tertiary/aromatic N) is 1. The van der Waals surface area contributed by atoms with Crippen molar-refractivity contribution in [3.63, 3.8) is 0 Å². The van der Waals surface area contributed by atoms with Crippen LogP contribution < -0.4 is 5.32 Å². The molecule has 1 aliphatic heterocycles. The molecule has 0 aliphatic carbocycles. The zero-order chi connectivity index (χ0) is 17.4. The van der Waals surface area contributed by atoms with E-state index < -0.39 is 0 Å². The molecule has 0 aromatic heterocycles. The minimum atomic E-state index is -0.243. The topological polar surface area (TPSA) is 75.7 Å². The van der Waals surface area contributed by atoms with Crippen molar-refractivity contribution < 1.29 is 19.1 Å². The Bertz CT molecular complexity index is 583. The van der Waals surface area contributed by atoms with Gasteiger partial charge in [-0.25, -0.2) is 0 Å². The lowest BCUT2D eigenvalue weighted by molar-refractivity contribution is -0.143. The van der Waals surface area contributed by atoms with Crippen LogP contribution in [0.15, 0.2) is 24.3 Å². The number of hydrogen-bond acceptors (Lipinski definition) is 4. The van der Waals surface area contributed by atoms with Crippen LogP contribution in [0.4, 0.5) is 0 Å². The van der Waals surface area contributed by atoms with Crippen LogP contribution in [0, 0.1) is 0 Å². The number of benzene rings is 1. The summed E-state index contributed by atoms with van der Waals surface area (Å²) < 4.78 is 4.83. The minimum Gasteiger partial charge on any atom is -0.466 e. The van der Waals surface area contributed by atoms with E-state index in [-0.39, 0.29) is 17.8 Å². The Labute approximate surface area is 142 Å². The lowest BCUT2D eigenvalue weighted by Gasteiger charge is -2.15. The highest BCUT2D eigenvalue weighted by molar-refractivity contribution is 5.94. The number of hydrogen-bond donors (Lipinski definition) is 1. The van der Waals surface area contributed by atoms with Gasteiger partial charge in [-0.05, 0) is 37.5 Å². The van der Waals surface area contributed by atoms with E-state index in [4.69, 9.17) is 4.74 Å². The molecule has 6 heteroatoms. The van der Waals surface area contributed by atoms with Gasteiger partial charge in [-0.15, -0.1) is 0 Å². The fourth-order valence-corrected chi connectivity index (χ4v) is 2.62. The number of amides is 2. The number of rotatable bonds is 8. The molecule has 1 heterocycles. The van der Waals surface area contributed by atoms with Crippen LogP contribution >= 0.6 is 0 Å². The second kappa shape index (κ2) is 9.05. The van der Waals surface area contributed by atoms with E-state index in [0.29, 0.717) is 44.5 Å². The van der Waals surface area contributed by atoms with E-state index in [2.05, 4.69) is 5.32 Å². The van der Waals surface area contributed by atoms with Gasteiger partial charge in [0, 0.05) is 38.0 Å². The molecule has 1 fully saturated rings. The summed E-state index contributed by atoms with van der Waals surface area (Å²) in [4.78, 5) is 36.7. The minimum absolute atomic E-state index is 0.164. The third kappa shape index (κ3) is 5.37. The van der Waals surface area contributed by atoms with Crippen LogP contribution in [0.3, 0.4) is 0 Å². The summed E-state index contributed by atoms with van der Waals surface area (Å²) in [5.74, 6) is -0.214. The summed E-state index contributed by atoms with van der Waals surface area (Å²) in [6.45, 7) is 3.98. The van der Waals surface area contributed by atoms with Gasteiger partial charge in [0.15, 0.2) is 0 Å². The Hall–Kier alpha value is -2.37. The van der Waals surface area contributed by atoms with Crippen molar-refractivity contribution in [2.45, 2.75) is 39.2 Å². The maximum Gasteiger partial charge on any atom is 0.305 e. The maximum atomic E-state index is 12.0. The van der Waals surface area contributed by atoms with Crippen molar-refractivity contribution in [2.75, 3.05) is 19.7 Å². The standard InChI is InChI=1S/C18H24N2O4/c1-2-24-17(22)6-3-11-19-18(23)15-9-7-14(8-10-15)13-20-12-4-5-16(20)21/h7-10H,2-6,11-13H2,1H3,(H,19,23). The Kier molecular flexibility index (Phi) is 6.78. The first-order valence-electron chi connectivity index (χ1n) is 8.40. The Morgan fingerprint density at radius 3 is 2.62 bits per heavy atom. The summed E-state index contributed by atoms with van der Waals surface area (Å²) >= 11 is 0. The van der Waals surface area contributed by atoms with Gasteiger partial charge in [-0.2, -0.15) is 0 Å². The number of carbonyl (C=O) groups is 3. The monoisotopic (exact) mass is 332 g/mol. The van der Waals surface area contributed by atoms with Crippen molar-refractivity contribution in [3.05, 3.63) is 35.4 Å². The summed E-state index contributed by atoms with van der Waals surface area (Å²) in [5.41, 5.74) is 1.59. The molecule has 1 N–H and O–H groups in total. The van der Waals surface area contributed by atoms with Gasteiger partial charge in [0.25, 0.3) is 5.91 Å². The van der Waals surface area contributed by atoms with Gasteiger partial charge >= 0.3 is 5.97 Å². The first kappa shape index (κ1) is 18.0. The average molecular weight is 332 g/mol. The number of carbonyl (C=O) groups excluding carboxylic acids is 3. The molecule has 0 unspecified atom stereocenters. The summed E-state index contributed by atoms with van der Waals surface area (Å²) in [5, 5.41) is 2.78. The predicted molar refractivity (Wildman–Crippen MR) is 89.3 cm³/mol. The number of likely N-dealkylation sites (tertiary alicyclic amines) is 1. The average Bonchev–Trinajstić information content (AvgIpc) is 2.97. The number of ether oxygens (including phenoxy) is 1. The van der Waals surface area contributed by atoms with Gasteiger partial charge in [-0.1, -0.05) is 12.1 Å². The zero-order valence-electron chi connectivity index (χ0n) is 14.0. The van der Waals surface area contributed by atoms with Crippen molar-refractivity contribution in [1.82, 2.24) is 10.2 Å². The van der Waals surface area contributed by atoms with E-state index in [9.17, 15) is 14.4 Å². The van der Waals surface area contributed by atoms with E-state index in [0.717, 1.165) is 18.5 Å². The predicted octanol–water partition coefficient (Wildman–Crippen LogP) is 1.88. The van der Waals surface area contributed by atoms with E-state index >= 15 is 0 Å². The fourth-order valence-electron chi connectivity index (χ4n) is 2.62. The molecule has 6 nitrogen and oxygen atoms in total. The van der Waals surface area contributed by atoms with Crippen molar-refractivity contribution in [3.8, 4) is 0 Å². The van der Waals surface area contributed by atoms with Gasteiger partial charge in [0.2, 0.25) is 5.91 Å². The van der Waals surface area contributed by atoms with Gasteiger partial charge in [0.05, 0.1) is 6.61 Å². The lowest BCUT2D eigenvalue weighted by Crippen LogP contribution is -2.25. The normalized spacial score (nSPS) is 13.9. The van der Waals surface area contributed by atoms with E-state index in [1.807, 2.05) is 17.0 Å². The lowest BCUT2D eigenvalue weighted by atomic mass is 10.1. The second-order valence-electron chi connectivity index (χ2n) is 5.78. The molecule has 0 saturated carbocycles. The molecular weight excluding hydrogens is 308 g/mol. The van der Waals surface area contributed by atoms with Crippen LogP contribution in [0.25, 0.3) is 0 Å². The van der Waals surface area contributed by atoms with Crippen molar-refractivity contribution in [1.29, 1.82) is 0 Å². The van der Waals surface area contributed by atoms with Crippen molar-refractivity contribution in [2.24, 2.45) is 0 Å². The molecule has 130 valence electrons. The van der Waals surface area contributed by atoms with E-state index in [1.54, 1.807) is 19.1 Å². The van der Waals surface area contributed by atoms with Crippen molar-refractivity contribution >= 4 is 17.8 Å². The number of nitrogens with one attached hydrogen (secondary N) is 1. The highest BCUT2D eigenvalue weighted by atomic mass is 16.5. The van der Waals surface area contributed by atoms with Crippen LogP contribution in [0.2, 0.25) is 0 Å². The molecule has 1 aromatic rings. The molecule has 2 amide bonds. The van der Waals surface area contributed by atoms with Gasteiger partial charge < -0.3 is 15.0 Å². The third-order valence-electron chi connectivity index (χ3n) is 3.91. The van der Waals surface area contributed by atoms with Gasteiger partial charge in [-0.3, -0.25) is 14.4 Å². The smallest absolute Gasteiger partial charge is 0.305 e.